The van der Waals surface area contributed by atoms with E-state index in [0.717, 1.165) is 49.3 Å². The molecule has 0 atom stereocenters. The summed E-state index contributed by atoms with van der Waals surface area (Å²) < 4.78 is 32.3. The molecule has 31 heavy (non-hydrogen) atoms. The molecule has 0 saturated carbocycles. The van der Waals surface area contributed by atoms with E-state index in [9.17, 15) is 13.5 Å². The number of ether oxygens (including phenoxy) is 1. The molecule has 1 fully saturated rings. The fourth-order valence-electron chi connectivity index (χ4n) is 3.19. The lowest BCUT2D eigenvalue weighted by atomic mass is 10.1. The minimum absolute atomic E-state index is 0.0681. The number of aromatic amines is 1. The lowest BCUT2D eigenvalue weighted by molar-refractivity contribution is 0.0341. The number of morpholine rings is 1. The van der Waals surface area contributed by atoms with E-state index >= 15 is 0 Å². The number of hydrogen-bond acceptors (Lipinski definition) is 7. The Morgan fingerprint density at radius 2 is 1.97 bits per heavy atom. The van der Waals surface area contributed by atoms with Gasteiger partial charge in [0.2, 0.25) is 0 Å². The smallest absolute Gasteiger partial charge is 0.264 e. The molecule has 0 radical (unpaired) electrons. The van der Waals surface area contributed by atoms with Crippen molar-refractivity contribution in [1.29, 1.82) is 5.26 Å². The Labute approximate surface area is 180 Å². The molecule has 3 heterocycles. The predicted molar refractivity (Wildman–Crippen MR) is 116 cm³/mol. The summed E-state index contributed by atoms with van der Waals surface area (Å²) in [4.78, 5) is 9.81. The number of nitrogens with one attached hydrogen (secondary N) is 1. The third-order valence-corrected chi connectivity index (χ3v) is 5.59. The van der Waals surface area contributed by atoms with Crippen LogP contribution in [-0.2, 0) is 21.4 Å². The number of aromatic nitrogens is 2. The highest BCUT2D eigenvalue weighted by Crippen LogP contribution is 2.36. The molecule has 1 aliphatic heterocycles. The molecule has 1 aliphatic rings. The molecule has 3 aromatic rings. The number of H-pyrrole nitrogens is 1. The van der Waals surface area contributed by atoms with Crippen molar-refractivity contribution in [2.45, 2.75) is 13.5 Å². The Kier molecular flexibility index (Phi) is 7.25. The van der Waals surface area contributed by atoms with Gasteiger partial charge in [-0.25, -0.2) is 0 Å². The molecule has 1 saturated heterocycles. The average Bonchev–Trinajstić information content (AvgIpc) is 3.10. The number of pyridine rings is 1. The molecule has 0 amide bonds. The van der Waals surface area contributed by atoms with Crippen molar-refractivity contribution in [3.8, 4) is 23.2 Å². The molecule has 1 aromatic carbocycles. The van der Waals surface area contributed by atoms with Crippen LogP contribution < -0.4 is 0 Å². The molecule has 0 bridgehead atoms. The van der Waals surface area contributed by atoms with Crippen LogP contribution in [0.15, 0.2) is 36.5 Å². The van der Waals surface area contributed by atoms with E-state index in [-0.39, 0.29) is 11.6 Å². The quantitative estimate of drug-likeness (QED) is 0.522. The first-order chi connectivity index (χ1) is 14.8. The van der Waals surface area contributed by atoms with Gasteiger partial charge < -0.3 is 14.8 Å². The first kappa shape index (κ1) is 22.7. The maximum atomic E-state index is 10.3. The Morgan fingerprint density at radius 3 is 2.55 bits per heavy atom. The maximum absolute atomic E-state index is 10.3. The predicted octanol–water partition coefficient (Wildman–Crippen LogP) is 2.53. The van der Waals surface area contributed by atoms with Gasteiger partial charge in [0.05, 0.1) is 41.9 Å². The van der Waals surface area contributed by atoms with E-state index < -0.39 is 10.1 Å². The van der Waals surface area contributed by atoms with Gasteiger partial charge in [0.15, 0.2) is 5.88 Å². The SMILES string of the molecule is CCS(=O)(=O)O.N#Cc1ccc2[nH]c(O)c(-c3ccc(CN4CCOCC4)cn3)c2c1. The number of benzene rings is 1. The molecule has 4 rings (SSSR count). The first-order valence-corrected chi connectivity index (χ1v) is 11.4. The number of fused-ring (bicyclic) bond motifs is 1. The molecule has 164 valence electrons. The highest BCUT2D eigenvalue weighted by Gasteiger charge is 2.15. The summed E-state index contributed by atoms with van der Waals surface area (Å²) in [6.07, 6.45) is 1.84. The topological polar surface area (TPSA) is 140 Å². The van der Waals surface area contributed by atoms with Gasteiger partial charge in [0.1, 0.15) is 0 Å². The van der Waals surface area contributed by atoms with Crippen LogP contribution in [0, 0.1) is 11.3 Å². The fourth-order valence-corrected chi connectivity index (χ4v) is 3.19. The Morgan fingerprint density at radius 1 is 1.26 bits per heavy atom. The monoisotopic (exact) mass is 444 g/mol. The summed E-state index contributed by atoms with van der Waals surface area (Å²) in [5.41, 5.74) is 3.78. The van der Waals surface area contributed by atoms with Crippen LogP contribution in [0.5, 0.6) is 5.88 Å². The molecule has 0 spiro atoms. The van der Waals surface area contributed by atoms with E-state index in [1.54, 1.807) is 18.2 Å². The van der Waals surface area contributed by atoms with Crippen molar-refractivity contribution in [3.63, 3.8) is 0 Å². The molecule has 0 unspecified atom stereocenters. The van der Waals surface area contributed by atoms with Gasteiger partial charge >= 0.3 is 0 Å². The lowest BCUT2D eigenvalue weighted by Gasteiger charge is -2.26. The van der Waals surface area contributed by atoms with Gasteiger partial charge in [-0.15, -0.1) is 0 Å². The largest absolute Gasteiger partial charge is 0.494 e. The maximum Gasteiger partial charge on any atom is 0.264 e. The van der Waals surface area contributed by atoms with E-state index in [1.165, 1.54) is 6.92 Å². The molecule has 10 heteroatoms. The number of aromatic hydroxyl groups is 1. The highest BCUT2D eigenvalue weighted by atomic mass is 32.2. The van der Waals surface area contributed by atoms with Crippen LogP contribution in [0.1, 0.15) is 18.1 Å². The van der Waals surface area contributed by atoms with Crippen LogP contribution in [-0.4, -0.2) is 65.0 Å². The molecule has 0 aliphatic carbocycles. The van der Waals surface area contributed by atoms with Crippen LogP contribution >= 0.6 is 0 Å². The van der Waals surface area contributed by atoms with Crippen LogP contribution in [0.25, 0.3) is 22.2 Å². The minimum atomic E-state index is -3.66. The number of nitrogens with zero attached hydrogens (tertiary/aromatic N) is 3. The third kappa shape index (κ3) is 6.02. The van der Waals surface area contributed by atoms with Gasteiger partial charge in [-0.2, -0.15) is 13.7 Å². The Bertz CT molecular complexity index is 1180. The van der Waals surface area contributed by atoms with Crippen molar-refractivity contribution >= 4 is 21.0 Å². The van der Waals surface area contributed by atoms with Crippen LogP contribution in [0.2, 0.25) is 0 Å². The van der Waals surface area contributed by atoms with Crippen LogP contribution in [0.3, 0.4) is 0 Å². The second-order valence-corrected chi connectivity index (χ2v) is 8.77. The summed E-state index contributed by atoms with van der Waals surface area (Å²) in [6, 6.07) is 11.4. The standard InChI is InChI=1S/C19H18N4O2.C2H6O3S/c20-10-13-1-3-16-15(9-13)18(19(24)22-16)17-4-2-14(11-21-17)12-23-5-7-25-8-6-23;1-2-6(3,4)5/h1-4,9,11,22,24H,5-8,12H2;2H2,1H3,(H,3,4,5). The molecule has 2 aromatic heterocycles. The van der Waals surface area contributed by atoms with Crippen molar-refractivity contribution in [2.75, 3.05) is 32.1 Å². The van der Waals surface area contributed by atoms with Crippen LogP contribution in [0.4, 0.5) is 0 Å². The zero-order valence-electron chi connectivity index (χ0n) is 17.1. The number of hydrogen-bond donors (Lipinski definition) is 3. The zero-order chi connectivity index (χ0) is 22.4. The zero-order valence-corrected chi connectivity index (χ0v) is 17.9. The van der Waals surface area contributed by atoms with Gasteiger partial charge in [-0.1, -0.05) is 6.07 Å². The minimum Gasteiger partial charge on any atom is -0.494 e. The summed E-state index contributed by atoms with van der Waals surface area (Å²) in [6.45, 7) is 5.63. The molecule has 3 N–H and O–H groups in total. The second-order valence-electron chi connectivity index (χ2n) is 7.03. The van der Waals surface area contributed by atoms with Gasteiger partial charge in [0.25, 0.3) is 10.1 Å². The van der Waals surface area contributed by atoms with Gasteiger partial charge in [-0.3, -0.25) is 14.4 Å². The van der Waals surface area contributed by atoms with Gasteiger partial charge in [0, 0.05) is 36.7 Å². The normalized spacial score (nSPS) is 14.6. The Hall–Kier alpha value is -2.97. The van der Waals surface area contributed by atoms with Crippen molar-refractivity contribution in [2.24, 2.45) is 0 Å². The average molecular weight is 445 g/mol. The molecular weight excluding hydrogens is 420 g/mol. The second kappa shape index (κ2) is 9.89. The molecular formula is C21H24N4O5S. The molecule has 9 nitrogen and oxygen atoms in total. The summed E-state index contributed by atoms with van der Waals surface area (Å²) in [5.74, 6) is -0.133. The highest BCUT2D eigenvalue weighted by molar-refractivity contribution is 7.85. The van der Waals surface area contributed by atoms with Crippen molar-refractivity contribution in [3.05, 3.63) is 47.7 Å². The summed E-state index contributed by atoms with van der Waals surface area (Å²) in [7, 11) is -3.66. The fraction of sp³-hybridized carbons (Fsp3) is 0.333. The summed E-state index contributed by atoms with van der Waals surface area (Å²) >= 11 is 0. The van der Waals surface area contributed by atoms with Crippen molar-refractivity contribution in [1.82, 2.24) is 14.9 Å². The van der Waals surface area contributed by atoms with E-state index in [2.05, 4.69) is 20.9 Å². The number of rotatable bonds is 4. The number of nitriles is 1. The Balaban J connectivity index is 0.000000401. The van der Waals surface area contributed by atoms with Gasteiger partial charge in [-0.05, 0) is 36.8 Å². The van der Waals surface area contributed by atoms with E-state index in [0.29, 0.717) is 16.8 Å². The van der Waals surface area contributed by atoms with Crippen molar-refractivity contribution < 1.29 is 22.8 Å². The van der Waals surface area contributed by atoms with E-state index in [1.807, 2.05) is 18.3 Å². The first-order valence-electron chi connectivity index (χ1n) is 9.76. The third-order valence-electron chi connectivity index (χ3n) is 4.86. The summed E-state index contributed by atoms with van der Waals surface area (Å²) in [5, 5.41) is 20.2. The van der Waals surface area contributed by atoms with E-state index in [4.69, 9.17) is 14.6 Å². The lowest BCUT2D eigenvalue weighted by Crippen LogP contribution is -2.35.